The topological polar surface area (TPSA) is 90.9 Å². The number of rotatable bonds is 3. The number of hydrogen-bond donors (Lipinski definition) is 1. The smallest absolute Gasteiger partial charge is 0.328 e. The molecule has 0 fully saturated rings. The van der Waals surface area contributed by atoms with E-state index in [1.54, 1.807) is 7.05 Å². The monoisotopic (exact) mass is 341 g/mol. The number of hydrogen-bond acceptors (Lipinski definition) is 4. The van der Waals surface area contributed by atoms with E-state index in [0.717, 1.165) is 15.7 Å². The summed E-state index contributed by atoms with van der Waals surface area (Å²) >= 11 is 0. The van der Waals surface area contributed by atoms with E-state index in [1.165, 1.54) is 22.5 Å². The van der Waals surface area contributed by atoms with Crippen LogP contribution >= 0.6 is 0 Å². The Morgan fingerprint density at radius 3 is 2.64 bits per heavy atom. The Morgan fingerprint density at radius 1 is 1.20 bits per heavy atom. The summed E-state index contributed by atoms with van der Waals surface area (Å²) in [6.07, 6.45) is 1.46. The Balaban J connectivity index is 1.99. The Labute approximate surface area is 143 Å². The molecule has 0 aliphatic rings. The van der Waals surface area contributed by atoms with Gasteiger partial charge in [0, 0.05) is 19.8 Å². The third-order valence-electron chi connectivity index (χ3n) is 4.17. The van der Waals surface area contributed by atoms with E-state index in [9.17, 15) is 14.4 Å². The van der Waals surface area contributed by atoms with Crippen LogP contribution in [-0.2, 0) is 25.4 Å². The van der Waals surface area contributed by atoms with E-state index >= 15 is 0 Å². The molecule has 2 aromatic heterocycles. The summed E-state index contributed by atoms with van der Waals surface area (Å²) < 4.78 is 3.72. The molecule has 0 bridgehead atoms. The minimum Gasteiger partial charge on any atom is -0.328 e. The van der Waals surface area contributed by atoms with E-state index in [2.05, 4.69) is 10.3 Å². The van der Waals surface area contributed by atoms with Gasteiger partial charge in [-0.25, -0.2) is 14.3 Å². The van der Waals surface area contributed by atoms with Gasteiger partial charge in [0.1, 0.15) is 6.54 Å². The summed E-state index contributed by atoms with van der Waals surface area (Å²) in [6, 6.07) is 5.69. The van der Waals surface area contributed by atoms with E-state index in [-0.39, 0.29) is 12.1 Å². The molecule has 0 unspecified atom stereocenters. The van der Waals surface area contributed by atoms with E-state index in [4.69, 9.17) is 0 Å². The summed E-state index contributed by atoms with van der Waals surface area (Å²) in [4.78, 5) is 41.5. The zero-order chi connectivity index (χ0) is 18.3. The van der Waals surface area contributed by atoms with E-state index in [0.29, 0.717) is 11.3 Å². The Hall–Kier alpha value is -3.16. The van der Waals surface area contributed by atoms with Crippen molar-refractivity contribution in [3.05, 3.63) is 56.5 Å². The molecule has 25 heavy (non-hydrogen) atoms. The fraction of sp³-hybridized carbons (Fsp3) is 0.294. The number of anilines is 1. The van der Waals surface area contributed by atoms with Crippen LogP contribution in [0.15, 0.2) is 34.1 Å². The van der Waals surface area contributed by atoms with Crippen LogP contribution in [0.5, 0.6) is 0 Å². The third-order valence-corrected chi connectivity index (χ3v) is 4.17. The zero-order valence-electron chi connectivity index (χ0n) is 14.5. The number of aryl methyl sites for hydroxylation is 4. The Bertz CT molecular complexity index is 1100. The molecule has 0 spiro atoms. The summed E-state index contributed by atoms with van der Waals surface area (Å²) in [5, 5.41) is 2.76. The van der Waals surface area contributed by atoms with Crippen molar-refractivity contribution < 1.29 is 4.79 Å². The number of amides is 1. The highest BCUT2D eigenvalue weighted by Gasteiger charge is 2.17. The molecule has 1 N–H and O–H groups in total. The van der Waals surface area contributed by atoms with Crippen LogP contribution in [0.2, 0.25) is 0 Å². The first-order valence-corrected chi connectivity index (χ1v) is 7.77. The molecule has 3 aromatic rings. The minimum atomic E-state index is -0.577. The van der Waals surface area contributed by atoms with Crippen molar-refractivity contribution in [1.29, 1.82) is 0 Å². The number of nitrogens with zero attached hydrogens (tertiary/aromatic N) is 4. The maximum Gasteiger partial charge on any atom is 0.332 e. The van der Waals surface area contributed by atoms with Crippen molar-refractivity contribution in [2.24, 2.45) is 14.1 Å². The lowest BCUT2D eigenvalue weighted by Gasteiger charge is -2.11. The third kappa shape index (κ3) is 2.86. The first-order chi connectivity index (χ1) is 11.8. The van der Waals surface area contributed by atoms with Gasteiger partial charge in [-0.1, -0.05) is 12.1 Å². The molecular weight excluding hydrogens is 322 g/mol. The van der Waals surface area contributed by atoms with Gasteiger partial charge >= 0.3 is 5.69 Å². The molecule has 0 radical (unpaired) electrons. The fourth-order valence-electron chi connectivity index (χ4n) is 2.74. The van der Waals surface area contributed by atoms with Crippen molar-refractivity contribution >= 4 is 22.8 Å². The summed E-state index contributed by atoms with van der Waals surface area (Å²) in [6.45, 7) is 3.44. The summed E-state index contributed by atoms with van der Waals surface area (Å²) in [5.41, 5.74) is 2.04. The van der Waals surface area contributed by atoms with Gasteiger partial charge in [0.15, 0.2) is 11.2 Å². The van der Waals surface area contributed by atoms with Crippen LogP contribution < -0.4 is 16.6 Å². The molecule has 130 valence electrons. The normalized spacial score (nSPS) is 11.0. The second-order valence-electron chi connectivity index (χ2n) is 6.13. The fourth-order valence-corrected chi connectivity index (χ4v) is 2.74. The number of fused-ring (bicyclic) bond motifs is 1. The quantitative estimate of drug-likeness (QED) is 0.759. The van der Waals surface area contributed by atoms with Crippen LogP contribution in [0.4, 0.5) is 5.69 Å². The lowest BCUT2D eigenvalue weighted by atomic mass is 10.1. The largest absolute Gasteiger partial charge is 0.332 e. The molecule has 1 amide bonds. The predicted octanol–water partition coefficient (Wildman–Crippen LogP) is 0.689. The second-order valence-corrected chi connectivity index (χ2v) is 6.13. The van der Waals surface area contributed by atoms with Crippen molar-refractivity contribution in [2.75, 3.05) is 5.32 Å². The first-order valence-electron chi connectivity index (χ1n) is 7.77. The summed E-state index contributed by atoms with van der Waals surface area (Å²) in [7, 11) is 3.19. The maximum absolute atomic E-state index is 12.6. The number of carbonyl (C=O) groups excluding carboxylic acids is 1. The number of imidazole rings is 1. The highest BCUT2D eigenvalue weighted by Crippen LogP contribution is 2.16. The van der Waals surface area contributed by atoms with Crippen LogP contribution in [0.25, 0.3) is 11.2 Å². The first kappa shape index (κ1) is 16.7. The van der Waals surface area contributed by atoms with Gasteiger partial charge in [-0.15, -0.1) is 0 Å². The molecule has 8 nitrogen and oxygen atoms in total. The van der Waals surface area contributed by atoms with Gasteiger partial charge < -0.3 is 9.88 Å². The van der Waals surface area contributed by atoms with Gasteiger partial charge in [-0.3, -0.25) is 14.2 Å². The van der Waals surface area contributed by atoms with Gasteiger partial charge in [0.05, 0.1) is 6.33 Å². The highest BCUT2D eigenvalue weighted by atomic mass is 16.2. The molecule has 0 aliphatic heterocycles. The molecule has 0 atom stereocenters. The minimum absolute atomic E-state index is 0.279. The SMILES string of the molecule is Cc1ccc(C)c(NC(=O)Cn2c(=O)c3c(ncn3C)n(C)c2=O)c1. The van der Waals surface area contributed by atoms with Crippen LogP contribution in [0.3, 0.4) is 0 Å². The molecule has 3 rings (SSSR count). The molecule has 0 saturated heterocycles. The maximum atomic E-state index is 12.6. The van der Waals surface area contributed by atoms with Gasteiger partial charge in [-0.05, 0) is 31.0 Å². The van der Waals surface area contributed by atoms with E-state index in [1.807, 2.05) is 32.0 Å². The van der Waals surface area contributed by atoms with Gasteiger partial charge in [0.2, 0.25) is 5.91 Å². The molecule has 1 aromatic carbocycles. The lowest BCUT2D eigenvalue weighted by molar-refractivity contribution is -0.116. The highest BCUT2D eigenvalue weighted by molar-refractivity contribution is 5.91. The van der Waals surface area contributed by atoms with Crippen molar-refractivity contribution in [2.45, 2.75) is 20.4 Å². The number of aromatic nitrogens is 4. The lowest BCUT2D eigenvalue weighted by Crippen LogP contribution is -2.42. The summed E-state index contributed by atoms with van der Waals surface area (Å²) in [5.74, 6) is -0.436. The molecule has 0 saturated carbocycles. The Morgan fingerprint density at radius 2 is 1.92 bits per heavy atom. The van der Waals surface area contributed by atoms with Crippen LogP contribution in [-0.4, -0.2) is 24.6 Å². The van der Waals surface area contributed by atoms with Crippen LogP contribution in [0.1, 0.15) is 11.1 Å². The average molecular weight is 341 g/mol. The average Bonchev–Trinajstić information content (AvgIpc) is 2.95. The van der Waals surface area contributed by atoms with Crippen molar-refractivity contribution in [1.82, 2.24) is 18.7 Å². The predicted molar refractivity (Wildman–Crippen MR) is 94.8 cm³/mol. The van der Waals surface area contributed by atoms with Crippen molar-refractivity contribution in [3.63, 3.8) is 0 Å². The second kappa shape index (κ2) is 6.04. The Kier molecular flexibility index (Phi) is 4.03. The number of nitrogens with one attached hydrogen (secondary N) is 1. The molecule has 2 heterocycles. The standard InChI is InChI=1S/C17H19N5O3/c1-10-5-6-11(2)12(7-10)19-13(23)8-22-16(24)14-15(18-9-20(14)3)21(4)17(22)25/h5-7,9H,8H2,1-4H3,(H,19,23). The zero-order valence-corrected chi connectivity index (χ0v) is 14.5. The number of carbonyl (C=O) groups is 1. The van der Waals surface area contributed by atoms with Gasteiger partial charge in [-0.2, -0.15) is 0 Å². The van der Waals surface area contributed by atoms with E-state index < -0.39 is 17.2 Å². The molecule has 0 aliphatic carbocycles. The number of benzene rings is 1. The molecular formula is C17H19N5O3. The van der Waals surface area contributed by atoms with Gasteiger partial charge in [0.25, 0.3) is 5.56 Å². The van der Waals surface area contributed by atoms with Crippen molar-refractivity contribution in [3.8, 4) is 0 Å². The molecule has 8 heteroatoms. The van der Waals surface area contributed by atoms with Crippen LogP contribution in [0, 0.1) is 13.8 Å².